The number of hydrogen-bond acceptors (Lipinski definition) is 3. The Morgan fingerprint density at radius 2 is 2.15 bits per heavy atom. The fraction of sp³-hybridized carbons (Fsp3) is 0.474. The topological polar surface area (TPSA) is 56.7 Å². The minimum Gasteiger partial charge on any atom is -0.357 e. The summed E-state index contributed by atoms with van der Waals surface area (Å²) < 4.78 is 1.30. The molecule has 2 heterocycles. The molecule has 1 saturated heterocycles. The van der Waals surface area contributed by atoms with Crippen molar-refractivity contribution in [3.05, 3.63) is 35.2 Å². The lowest BCUT2D eigenvalue weighted by molar-refractivity contribution is -0.129. The summed E-state index contributed by atoms with van der Waals surface area (Å²) in [5, 5.41) is 10.3. The van der Waals surface area contributed by atoms with Crippen LogP contribution in [0.3, 0.4) is 0 Å². The first kappa shape index (κ1) is 21.0. The van der Waals surface area contributed by atoms with E-state index in [-0.39, 0.29) is 35.9 Å². The minimum absolute atomic E-state index is 0. The first-order valence-corrected chi connectivity index (χ1v) is 9.87. The second-order valence-electron chi connectivity index (χ2n) is 6.28. The SMILES string of the molecule is CCNC(=NCc1csc2ccccc12)NC1CCN(C(=O)CC)C1.I. The number of carbonyl (C=O) groups is 1. The number of nitrogens with zero attached hydrogens (tertiary/aromatic N) is 2. The molecule has 0 bridgehead atoms. The molecule has 1 aromatic heterocycles. The summed E-state index contributed by atoms with van der Waals surface area (Å²) in [4.78, 5) is 18.5. The lowest BCUT2D eigenvalue weighted by Gasteiger charge is -2.18. The highest BCUT2D eigenvalue weighted by molar-refractivity contribution is 14.0. The number of guanidine groups is 1. The molecule has 1 aromatic carbocycles. The van der Waals surface area contributed by atoms with Gasteiger partial charge in [0.1, 0.15) is 0 Å². The lowest BCUT2D eigenvalue weighted by Crippen LogP contribution is -2.45. The Morgan fingerprint density at radius 1 is 1.35 bits per heavy atom. The molecule has 5 nitrogen and oxygen atoms in total. The summed E-state index contributed by atoms with van der Waals surface area (Å²) in [6, 6.07) is 8.72. The number of thiophene rings is 1. The summed E-state index contributed by atoms with van der Waals surface area (Å²) in [6.07, 6.45) is 1.55. The van der Waals surface area contributed by atoms with Crippen molar-refractivity contribution < 1.29 is 4.79 Å². The molecule has 2 aromatic rings. The second kappa shape index (κ2) is 10.1. The highest BCUT2D eigenvalue weighted by atomic mass is 127. The molecule has 26 heavy (non-hydrogen) atoms. The van der Waals surface area contributed by atoms with Gasteiger partial charge in [-0.3, -0.25) is 4.79 Å². The maximum atomic E-state index is 11.8. The maximum absolute atomic E-state index is 11.8. The fourth-order valence-electron chi connectivity index (χ4n) is 3.16. The van der Waals surface area contributed by atoms with Gasteiger partial charge in [0, 0.05) is 36.8 Å². The van der Waals surface area contributed by atoms with Gasteiger partial charge < -0.3 is 15.5 Å². The molecule has 1 atom stereocenters. The highest BCUT2D eigenvalue weighted by Crippen LogP contribution is 2.26. The van der Waals surface area contributed by atoms with E-state index in [1.165, 1.54) is 15.6 Å². The van der Waals surface area contributed by atoms with Crippen molar-refractivity contribution in [2.75, 3.05) is 19.6 Å². The number of rotatable bonds is 5. The highest BCUT2D eigenvalue weighted by Gasteiger charge is 2.25. The van der Waals surface area contributed by atoms with Crippen molar-refractivity contribution in [3.63, 3.8) is 0 Å². The summed E-state index contributed by atoms with van der Waals surface area (Å²) in [5.74, 6) is 1.06. The van der Waals surface area contributed by atoms with Crippen LogP contribution in [0.1, 0.15) is 32.3 Å². The number of fused-ring (bicyclic) bond motifs is 1. The third kappa shape index (κ3) is 5.09. The van der Waals surface area contributed by atoms with E-state index in [1.807, 2.05) is 11.8 Å². The molecule has 3 rings (SSSR count). The molecule has 0 aliphatic carbocycles. The Morgan fingerprint density at radius 3 is 2.92 bits per heavy atom. The van der Waals surface area contributed by atoms with Crippen LogP contribution in [-0.4, -0.2) is 42.4 Å². The zero-order chi connectivity index (χ0) is 17.6. The van der Waals surface area contributed by atoms with E-state index in [0.29, 0.717) is 13.0 Å². The molecule has 1 amide bonds. The van der Waals surface area contributed by atoms with E-state index in [1.54, 1.807) is 11.3 Å². The van der Waals surface area contributed by atoms with Crippen molar-refractivity contribution in [2.45, 2.75) is 39.3 Å². The first-order valence-electron chi connectivity index (χ1n) is 8.99. The van der Waals surface area contributed by atoms with Crippen LogP contribution < -0.4 is 10.6 Å². The Kier molecular flexibility index (Phi) is 8.15. The van der Waals surface area contributed by atoms with E-state index >= 15 is 0 Å². The van der Waals surface area contributed by atoms with Gasteiger partial charge >= 0.3 is 0 Å². The molecular formula is C19H27IN4OS. The van der Waals surface area contributed by atoms with Crippen LogP contribution in [0.5, 0.6) is 0 Å². The van der Waals surface area contributed by atoms with E-state index in [0.717, 1.165) is 32.0 Å². The van der Waals surface area contributed by atoms with Gasteiger partial charge in [-0.2, -0.15) is 0 Å². The molecule has 0 saturated carbocycles. The number of carbonyl (C=O) groups excluding carboxylic acids is 1. The van der Waals surface area contributed by atoms with Crippen molar-refractivity contribution in [1.82, 2.24) is 15.5 Å². The van der Waals surface area contributed by atoms with Crippen LogP contribution in [0.25, 0.3) is 10.1 Å². The van der Waals surface area contributed by atoms with Crippen LogP contribution in [0.4, 0.5) is 0 Å². The Hall–Kier alpha value is -1.35. The predicted molar refractivity (Wildman–Crippen MR) is 120 cm³/mol. The molecule has 7 heteroatoms. The Balaban J connectivity index is 0.00000243. The van der Waals surface area contributed by atoms with Crippen molar-refractivity contribution in [2.24, 2.45) is 4.99 Å². The number of amides is 1. The summed E-state index contributed by atoms with van der Waals surface area (Å²) in [7, 11) is 0. The zero-order valence-corrected chi connectivity index (χ0v) is 18.5. The van der Waals surface area contributed by atoms with Gasteiger partial charge in [-0.1, -0.05) is 25.1 Å². The van der Waals surface area contributed by atoms with Gasteiger partial charge in [-0.25, -0.2) is 4.99 Å². The summed E-state index contributed by atoms with van der Waals surface area (Å²) in [5.41, 5.74) is 1.26. The number of hydrogen-bond donors (Lipinski definition) is 2. The number of halogens is 1. The number of nitrogens with one attached hydrogen (secondary N) is 2. The average molecular weight is 486 g/mol. The fourth-order valence-corrected chi connectivity index (χ4v) is 4.12. The number of aliphatic imine (C=N–C) groups is 1. The molecule has 0 radical (unpaired) electrons. The van der Waals surface area contributed by atoms with Gasteiger partial charge in [-0.15, -0.1) is 35.3 Å². The molecule has 1 aliphatic rings. The number of benzene rings is 1. The molecule has 1 fully saturated rings. The Labute approximate surface area is 176 Å². The second-order valence-corrected chi connectivity index (χ2v) is 7.19. The summed E-state index contributed by atoms with van der Waals surface area (Å²) >= 11 is 1.76. The quantitative estimate of drug-likeness (QED) is 0.386. The number of likely N-dealkylation sites (tertiary alicyclic amines) is 1. The van der Waals surface area contributed by atoms with Crippen LogP contribution in [0.15, 0.2) is 34.6 Å². The monoisotopic (exact) mass is 486 g/mol. The minimum atomic E-state index is 0. The predicted octanol–water partition coefficient (Wildman–Crippen LogP) is 3.59. The normalized spacial score (nSPS) is 17.2. The van der Waals surface area contributed by atoms with Crippen molar-refractivity contribution >= 4 is 57.3 Å². The average Bonchev–Trinajstić information content (AvgIpc) is 3.26. The largest absolute Gasteiger partial charge is 0.357 e. The summed E-state index contributed by atoms with van der Waals surface area (Å²) in [6.45, 7) is 7.06. The van der Waals surface area contributed by atoms with Crippen LogP contribution in [-0.2, 0) is 11.3 Å². The van der Waals surface area contributed by atoms with Crippen LogP contribution in [0.2, 0.25) is 0 Å². The standard InChI is InChI=1S/C19H26N4OS.HI/c1-3-18(24)23-10-9-15(12-23)22-19(20-4-2)21-11-14-13-25-17-8-6-5-7-16(14)17;/h5-8,13,15H,3-4,9-12H2,1-2H3,(H2,20,21,22);1H. The van der Waals surface area contributed by atoms with E-state index in [2.05, 4.69) is 47.2 Å². The Bertz CT molecular complexity index is 761. The lowest BCUT2D eigenvalue weighted by atomic mass is 10.2. The zero-order valence-electron chi connectivity index (χ0n) is 15.3. The maximum Gasteiger partial charge on any atom is 0.222 e. The first-order chi connectivity index (χ1) is 12.2. The molecule has 0 spiro atoms. The third-order valence-electron chi connectivity index (χ3n) is 4.50. The van der Waals surface area contributed by atoms with E-state index < -0.39 is 0 Å². The van der Waals surface area contributed by atoms with Gasteiger partial charge in [-0.05, 0) is 35.7 Å². The molecule has 1 unspecified atom stereocenters. The molecule has 1 aliphatic heterocycles. The van der Waals surface area contributed by atoms with Crippen LogP contribution in [0, 0.1) is 0 Å². The van der Waals surface area contributed by atoms with Crippen molar-refractivity contribution in [1.29, 1.82) is 0 Å². The van der Waals surface area contributed by atoms with Gasteiger partial charge in [0.25, 0.3) is 0 Å². The van der Waals surface area contributed by atoms with Crippen molar-refractivity contribution in [3.8, 4) is 0 Å². The van der Waals surface area contributed by atoms with Gasteiger partial charge in [0.15, 0.2) is 5.96 Å². The van der Waals surface area contributed by atoms with E-state index in [4.69, 9.17) is 4.99 Å². The van der Waals surface area contributed by atoms with E-state index in [9.17, 15) is 4.79 Å². The molecular weight excluding hydrogens is 459 g/mol. The smallest absolute Gasteiger partial charge is 0.222 e. The van der Waals surface area contributed by atoms with Gasteiger partial charge in [0.05, 0.1) is 6.54 Å². The van der Waals surface area contributed by atoms with Crippen LogP contribution >= 0.6 is 35.3 Å². The molecule has 2 N–H and O–H groups in total. The van der Waals surface area contributed by atoms with Gasteiger partial charge in [0.2, 0.25) is 5.91 Å². The molecule has 142 valence electrons. The third-order valence-corrected chi connectivity index (χ3v) is 5.51.